The number of methoxy groups -OCH3 is 3. The lowest BCUT2D eigenvalue weighted by Gasteiger charge is -2.37. The molecule has 2 rings (SSSR count). The topological polar surface area (TPSA) is 83.1 Å². The summed E-state index contributed by atoms with van der Waals surface area (Å²) in [6.07, 6.45) is 4.83. The number of hydrogen-bond acceptors (Lipinski definition) is 6. The minimum absolute atomic E-state index is 0.0524. The molecular formula is C32H47NO6. The van der Waals surface area contributed by atoms with E-state index in [1.165, 1.54) is 0 Å². The van der Waals surface area contributed by atoms with E-state index in [2.05, 4.69) is 33.0 Å². The number of hydrogen-bond donors (Lipinski definition) is 1. The van der Waals surface area contributed by atoms with Crippen LogP contribution >= 0.6 is 0 Å². The minimum Gasteiger partial charge on any atom is -0.493 e. The minimum atomic E-state index is -0.357. The molecule has 7 nitrogen and oxygen atoms in total. The quantitative estimate of drug-likeness (QED) is 0.190. The van der Waals surface area contributed by atoms with Crippen LogP contribution in [0, 0.1) is 11.3 Å². The SMILES string of the molecule is CCCCCC(c1ccc(OC)c(OC)c1OC)C(C(=O)Nc1cccc(CCC(=O)OCC)c1)C(C)(C)C. The predicted molar refractivity (Wildman–Crippen MR) is 156 cm³/mol. The largest absolute Gasteiger partial charge is 0.493 e. The summed E-state index contributed by atoms with van der Waals surface area (Å²) in [5.41, 5.74) is 2.27. The van der Waals surface area contributed by atoms with Crippen LogP contribution in [0.1, 0.15) is 83.8 Å². The number of carbonyl (C=O) groups is 2. The van der Waals surface area contributed by atoms with Crippen LogP contribution in [-0.2, 0) is 20.7 Å². The van der Waals surface area contributed by atoms with Crippen molar-refractivity contribution in [1.82, 2.24) is 0 Å². The smallest absolute Gasteiger partial charge is 0.306 e. The maximum atomic E-state index is 14.1. The Morgan fingerprint density at radius 3 is 2.23 bits per heavy atom. The first-order chi connectivity index (χ1) is 18.6. The highest BCUT2D eigenvalue weighted by atomic mass is 16.5. The van der Waals surface area contributed by atoms with Crippen molar-refractivity contribution in [1.29, 1.82) is 0 Å². The van der Waals surface area contributed by atoms with Gasteiger partial charge in [0.1, 0.15) is 0 Å². The number of rotatable bonds is 15. The van der Waals surface area contributed by atoms with E-state index in [-0.39, 0.29) is 29.1 Å². The van der Waals surface area contributed by atoms with Crippen molar-refractivity contribution in [2.24, 2.45) is 11.3 Å². The van der Waals surface area contributed by atoms with Gasteiger partial charge in [0, 0.05) is 17.7 Å². The molecule has 1 N–H and O–H groups in total. The summed E-state index contributed by atoms with van der Waals surface area (Å²) in [5.74, 6) is 0.966. The van der Waals surface area contributed by atoms with Crippen LogP contribution in [0.3, 0.4) is 0 Å². The van der Waals surface area contributed by atoms with E-state index in [4.69, 9.17) is 18.9 Å². The van der Waals surface area contributed by atoms with Crippen LogP contribution in [0.15, 0.2) is 36.4 Å². The summed E-state index contributed by atoms with van der Waals surface area (Å²) < 4.78 is 22.1. The molecule has 0 saturated carbocycles. The Labute approximate surface area is 234 Å². The van der Waals surface area contributed by atoms with E-state index >= 15 is 0 Å². The van der Waals surface area contributed by atoms with Crippen LogP contribution in [0.2, 0.25) is 0 Å². The molecule has 0 heterocycles. The second-order valence-corrected chi connectivity index (χ2v) is 10.9. The summed E-state index contributed by atoms with van der Waals surface area (Å²) >= 11 is 0. The number of amides is 1. The summed E-state index contributed by atoms with van der Waals surface area (Å²) in [6.45, 7) is 10.7. The standard InChI is InChI=1S/C32H47NO6/c1-9-11-12-16-24(25-18-19-26(36-6)30(38-8)29(25)37-7)28(32(3,4)5)31(35)33-23-15-13-14-22(21-23)17-20-27(34)39-10-2/h13-15,18-19,21,24,28H,9-12,16-17,20H2,1-8H3,(H,33,35). The normalized spacial score (nSPS) is 12.8. The fourth-order valence-electron chi connectivity index (χ4n) is 5.22. The Hall–Kier alpha value is -3.22. The van der Waals surface area contributed by atoms with Crippen LogP contribution in [0.4, 0.5) is 5.69 Å². The Morgan fingerprint density at radius 2 is 1.64 bits per heavy atom. The van der Waals surface area contributed by atoms with Gasteiger partial charge in [0.25, 0.3) is 0 Å². The number of benzene rings is 2. The highest BCUT2D eigenvalue weighted by molar-refractivity contribution is 5.94. The Kier molecular flexibility index (Phi) is 12.6. The molecule has 0 bridgehead atoms. The second-order valence-electron chi connectivity index (χ2n) is 10.9. The number of anilines is 1. The zero-order valence-electron chi connectivity index (χ0n) is 25.0. The molecule has 2 aromatic rings. The number of nitrogens with one attached hydrogen (secondary N) is 1. The van der Waals surface area contributed by atoms with E-state index in [0.717, 1.165) is 36.8 Å². The molecule has 0 spiro atoms. The van der Waals surface area contributed by atoms with Crippen LogP contribution in [0.25, 0.3) is 0 Å². The van der Waals surface area contributed by atoms with E-state index < -0.39 is 0 Å². The van der Waals surface area contributed by atoms with Crippen molar-refractivity contribution in [2.75, 3.05) is 33.3 Å². The number of aryl methyl sites for hydroxylation is 1. The fraction of sp³-hybridized carbons (Fsp3) is 0.562. The molecule has 0 aliphatic rings. The van der Waals surface area contributed by atoms with Gasteiger partial charge < -0.3 is 24.3 Å². The van der Waals surface area contributed by atoms with E-state index in [9.17, 15) is 9.59 Å². The Balaban J connectivity index is 2.46. The summed E-state index contributed by atoms with van der Waals surface area (Å²) in [4.78, 5) is 25.9. The zero-order chi connectivity index (χ0) is 29.0. The van der Waals surface area contributed by atoms with Gasteiger partial charge in [-0.2, -0.15) is 0 Å². The number of esters is 1. The predicted octanol–water partition coefficient (Wildman–Crippen LogP) is 7.17. The molecule has 0 fully saturated rings. The first kappa shape index (κ1) is 32.0. The molecule has 0 radical (unpaired) electrons. The van der Waals surface area contributed by atoms with Gasteiger partial charge in [-0.25, -0.2) is 0 Å². The Morgan fingerprint density at radius 1 is 0.923 bits per heavy atom. The summed E-state index contributed by atoms with van der Waals surface area (Å²) in [6, 6.07) is 11.6. The van der Waals surface area contributed by atoms with Crippen LogP contribution in [-0.4, -0.2) is 39.8 Å². The van der Waals surface area contributed by atoms with Crippen molar-refractivity contribution in [3.8, 4) is 17.2 Å². The average molecular weight is 542 g/mol. The summed E-state index contributed by atoms with van der Waals surface area (Å²) in [5, 5.41) is 3.18. The van der Waals surface area contributed by atoms with Gasteiger partial charge in [-0.05, 0) is 54.9 Å². The van der Waals surface area contributed by atoms with E-state index in [1.807, 2.05) is 36.4 Å². The molecule has 2 aromatic carbocycles. The maximum Gasteiger partial charge on any atom is 0.306 e. The molecule has 0 aliphatic heterocycles. The summed E-state index contributed by atoms with van der Waals surface area (Å²) in [7, 11) is 4.82. The van der Waals surface area contributed by atoms with Crippen molar-refractivity contribution in [3.63, 3.8) is 0 Å². The monoisotopic (exact) mass is 541 g/mol. The maximum absolute atomic E-state index is 14.1. The van der Waals surface area contributed by atoms with Gasteiger partial charge in [0.2, 0.25) is 11.7 Å². The van der Waals surface area contributed by atoms with E-state index in [1.54, 1.807) is 28.3 Å². The lowest BCUT2D eigenvalue weighted by molar-refractivity contribution is -0.143. The molecule has 39 heavy (non-hydrogen) atoms. The van der Waals surface area contributed by atoms with Crippen LogP contribution in [0.5, 0.6) is 17.2 Å². The highest BCUT2D eigenvalue weighted by Crippen LogP contribution is 2.49. The van der Waals surface area contributed by atoms with Crippen molar-refractivity contribution in [2.45, 2.75) is 79.1 Å². The zero-order valence-corrected chi connectivity index (χ0v) is 25.0. The Bertz CT molecular complexity index is 1070. The number of unbranched alkanes of at least 4 members (excludes halogenated alkanes) is 2. The van der Waals surface area contributed by atoms with Gasteiger partial charge >= 0.3 is 5.97 Å². The molecule has 0 saturated heterocycles. The number of ether oxygens (including phenoxy) is 4. The van der Waals surface area contributed by atoms with Gasteiger partial charge in [0.05, 0.1) is 33.9 Å². The third-order valence-electron chi connectivity index (χ3n) is 6.99. The molecule has 0 aliphatic carbocycles. The first-order valence-electron chi connectivity index (χ1n) is 13.9. The second kappa shape index (κ2) is 15.4. The first-order valence-corrected chi connectivity index (χ1v) is 13.9. The van der Waals surface area contributed by atoms with Gasteiger partial charge in [-0.1, -0.05) is 65.2 Å². The van der Waals surface area contributed by atoms with Crippen molar-refractivity contribution in [3.05, 3.63) is 47.5 Å². The molecular weight excluding hydrogens is 494 g/mol. The van der Waals surface area contributed by atoms with Gasteiger partial charge in [0.15, 0.2) is 11.5 Å². The molecule has 2 unspecified atom stereocenters. The van der Waals surface area contributed by atoms with Crippen molar-refractivity contribution < 1.29 is 28.5 Å². The van der Waals surface area contributed by atoms with Gasteiger partial charge in [-0.15, -0.1) is 0 Å². The van der Waals surface area contributed by atoms with E-state index in [0.29, 0.717) is 42.4 Å². The third-order valence-corrected chi connectivity index (χ3v) is 6.99. The molecule has 0 aromatic heterocycles. The molecule has 7 heteroatoms. The number of carbonyl (C=O) groups excluding carboxylic acids is 2. The van der Waals surface area contributed by atoms with Crippen LogP contribution < -0.4 is 19.5 Å². The highest BCUT2D eigenvalue weighted by Gasteiger charge is 2.40. The third kappa shape index (κ3) is 8.91. The van der Waals surface area contributed by atoms with Gasteiger partial charge in [-0.3, -0.25) is 9.59 Å². The van der Waals surface area contributed by atoms with Crippen molar-refractivity contribution >= 4 is 17.6 Å². The fourth-order valence-corrected chi connectivity index (χ4v) is 5.22. The lowest BCUT2D eigenvalue weighted by Crippen LogP contribution is -2.38. The molecule has 2 atom stereocenters. The molecule has 216 valence electrons. The lowest BCUT2D eigenvalue weighted by atomic mass is 9.68. The molecule has 1 amide bonds. The average Bonchev–Trinajstić information content (AvgIpc) is 2.90.